The highest BCUT2D eigenvalue weighted by Gasteiger charge is 2.18. The van der Waals surface area contributed by atoms with Gasteiger partial charge in [0.05, 0.1) is 0 Å². The van der Waals surface area contributed by atoms with E-state index in [0.717, 1.165) is 22.9 Å². The molecule has 4 rings (SSSR count). The average Bonchev–Trinajstić information content (AvgIpc) is 3.15. The van der Waals surface area contributed by atoms with E-state index in [0.29, 0.717) is 0 Å². The topological polar surface area (TPSA) is 30.7 Å². The second kappa shape index (κ2) is 6.96. The highest BCUT2D eigenvalue weighted by Crippen LogP contribution is 2.29. The Kier molecular flexibility index (Phi) is 4.36. The number of benzene rings is 3. The van der Waals surface area contributed by atoms with Crippen LogP contribution in [0.1, 0.15) is 25.6 Å². The van der Waals surface area contributed by atoms with Gasteiger partial charge in [0.15, 0.2) is 5.82 Å². The van der Waals surface area contributed by atoms with Crippen LogP contribution in [0.15, 0.2) is 84.9 Å². The van der Waals surface area contributed by atoms with Crippen molar-refractivity contribution < 1.29 is 0 Å². The molecule has 0 saturated heterocycles. The summed E-state index contributed by atoms with van der Waals surface area (Å²) in [5.74, 6) is 2.13. The Labute approximate surface area is 154 Å². The van der Waals surface area contributed by atoms with E-state index in [-0.39, 0.29) is 5.92 Å². The van der Waals surface area contributed by atoms with Crippen molar-refractivity contribution in [3.05, 3.63) is 90.8 Å². The third-order valence-electron chi connectivity index (χ3n) is 4.45. The van der Waals surface area contributed by atoms with Gasteiger partial charge in [0.2, 0.25) is 0 Å². The summed E-state index contributed by atoms with van der Waals surface area (Å²) < 4.78 is 2.16. The number of aromatic nitrogens is 3. The van der Waals surface area contributed by atoms with Gasteiger partial charge in [-0.25, -0.2) is 0 Å². The van der Waals surface area contributed by atoms with Crippen molar-refractivity contribution in [1.82, 2.24) is 14.8 Å². The molecule has 26 heavy (non-hydrogen) atoms. The summed E-state index contributed by atoms with van der Waals surface area (Å²) in [6.45, 7) is 4.29. The van der Waals surface area contributed by atoms with Crippen LogP contribution in [0.5, 0.6) is 0 Å². The highest BCUT2D eigenvalue weighted by atomic mass is 15.3. The number of rotatable bonds is 4. The molecule has 0 unspecified atom stereocenters. The molecule has 4 aromatic rings. The van der Waals surface area contributed by atoms with E-state index in [2.05, 4.69) is 89.3 Å². The minimum absolute atomic E-state index is 0.286. The number of hydrogen-bond acceptors (Lipinski definition) is 2. The Hall–Kier alpha value is -3.20. The van der Waals surface area contributed by atoms with E-state index in [1.807, 2.05) is 24.3 Å². The van der Waals surface area contributed by atoms with Gasteiger partial charge in [-0.1, -0.05) is 80.6 Å². The number of para-hydroxylation sites is 1. The van der Waals surface area contributed by atoms with Gasteiger partial charge < -0.3 is 0 Å². The molecular formula is C23H21N3. The van der Waals surface area contributed by atoms with Crippen LogP contribution in [0.3, 0.4) is 0 Å². The molecule has 0 aliphatic carbocycles. The van der Waals surface area contributed by atoms with Crippen LogP contribution < -0.4 is 0 Å². The van der Waals surface area contributed by atoms with Gasteiger partial charge in [0.25, 0.3) is 0 Å². The van der Waals surface area contributed by atoms with E-state index in [4.69, 9.17) is 0 Å². The van der Waals surface area contributed by atoms with Crippen LogP contribution in [-0.2, 0) is 0 Å². The van der Waals surface area contributed by atoms with Crippen LogP contribution in [-0.4, -0.2) is 14.8 Å². The smallest absolute Gasteiger partial charge is 0.168 e. The lowest BCUT2D eigenvalue weighted by Crippen LogP contribution is -2.04. The van der Waals surface area contributed by atoms with Crippen molar-refractivity contribution in [3.63, 3.8) is 0 Å². The Bertz CT molecular complexity index is 1000. The zero-order valence-corrected chi connectivity index (χ0v) is 15.0. The maximum Gasteiger partial charge on any atom is 0.168 e. The van der Waals surface area contributed by atoms with Gasteiger partial charge in [-0.15, -0.1) is 10.2 Å². The van der Waals surface area contributed by atoms with Crippen molar-refractivity contribution >= 4 is 0 Å². The minimum atomic E-state index is 0.286. The van der Waals surface area contributed by atoms with Crippen LogP contribution in [0.4, 0.5) is 0 Å². The Morgan fingerprint density at radius 1 is 0.654 bits per heavy atom. The highest BCUT2D eigenvalue weighted by molar-refractivity contribution is 5.71. The molecule has 0 aliphatic rings. The fourth-order valence-corrected chi connectivity index (χ4v) is 3.16. The largest absolute Gasteiger partial charge is 0.279 e. The summed E-state index contributed by atoms with van der Waals surface area (Å²) in [6, 6.07) is 29.2. The molecule has 0 atom stereocenters. The van der Waals surface area contributed by atoms with E-state index in [1.165, 1.54) is 11.1 Å². The van der Waals surface area contributed by atoms with Gasteiger partial charge in [-0.05, 0) is 29.3 Å². The van der Waals surface area contributed by atoms with Crippen molar-refractivity contribution in [3.8, 4) is 28.2 Å². The molecule has 0 radical (unpaired) electrons. The molecule has 0 amide bonds. The lowest BCUT2D eigenvalue weighted by Gasteiger charge is -2.13. The maximum atomic E-state index is 4.53. The summed E-state index contributed by atoms with van der Waals surface area (Å²) in [5.41, 5.74) is 4.52. The molecule has 0 spiro atoms. The lowest BCUT2D eigenvalue weighted by molar-refractivity contribution is 0.746. The normalized spacial score (nSPS) is 11.0. The fourth-order valence-electron chi connectivity index (χ4n) is 3.16. The lowest BCUT2D eigenvalue weighted by atomic mass is 10.0. The van der Waals surface area contributed by atoms with Crippen molar-refractivity contribution in [2.45, 2.75) is 19.8 Å². The zero-order valence-electron chi connectivity index (χ0n) is 15.0. The third-order valence-corrected chi connectivity index (χ3v) is 4.45. The Morgan fingerprint density at radius 2 is 1.27 bits per heavy atom. The quantitative estimate of drug-likeness (QED) is 0.476. The van der Waals surface area contributed by atoms with Gasteiger partial charge in [0, 0.05) is 17.2 Å². The van der Waals surface area contributed by atoms with Crippen LogP contribution in [0.2, 0.25) is 0 Å². The summed E-state index contributed by atoms with van der Waals surface area (Å²) >= 11 is 0. The molecule has 3 aromatic carbocycles. The van der Waals surface area contributed by atoms with E-state index < -0.39 is 0 Å². The number of hydrogen-bond donors (Lipinski definition) is 0. The molecule has 0 N–H and O–H groups in total. The van der Waals surface area contributed by atoms with Crippen LogP contribution >= 0.6 is 0 Å². The second-order valence-electron chi connectivity index (χ2n) is 6.65. The third kappa shape index (κ3) is 3.04. The molecule has 3 nitrogen and oxygen atoms in total. The van der Waals surface area contributed by atoms with Gasteiger partial charge >= 0.3 is 0 Å². The van der Waals surface area contributed by atoms with Crippen molar-refractivity contribution in [1.29, 1.82) is 0 Å². The molecule has 0 saturated carbocycles. The summed E-state index contributed by atoms with van der Waals surface area (Å²) in [6.07, 6.45) is 0. The van der Waals surface area contributed by atoms with E-state index in [9.17, 15) is 0 Å². The average molecular weight is 339 g/mol. The fraction of sp³-hybridized carbons (Fsp3) is 0.130. The van der Waals surface area contributed by atoms with Crippen molar-refractivity contribution in [2.75, 3.05) is 0 Å². The minimum Gasteiger partial charge on any atom is -0.279 e. The first kappa shape index (κ1) is 16.3. The molecule has 0 aliphatic heterocycles. The Balaban J connectivity index is 1.87. The second-order valence-corrected chi connectivity index (χ2v) is 6.65. The predicted octanol–water partition coefficient (Wildman–Crippen LogP) is 5.72. The first-order valence-electron chi connectivity index (χ1n) is 8.90. The molecule has 1 heterocycles. The Morgan fingerprint density at radius 3 is 1.96 bits per heavy atom. The first-order valence-corrected chi connectivity index (χ1v) is 8.90. The maximum absolute atomic E-state index is 4.53. The van der Waals surface area contributed by atoms with Gasteiger partial charge in [0.1, 0.15) is 5.82 Å². The van der Waals surface area contributed by atoms with Gasteiger partial charge in [-0.2, -0.15) is 0 Å². The van der Waals surface area contributed by atoms with E-state index >= 15 is 0 Å². The molecule has 0 bridgehead atoms. The summed E-state index contributed by atoms with van der Waals surface area (Å²) in [4.78, 5) is 0. The van der Waals surface area contributed by atoms with Crippen LogP contribution in [0, 0.1) is 0 Å². The van der Waals surface area contributed by atoms with Crippen molar-refractivity contribution in [2.24, 2.45) is 0 Å². The zero-order chi connectivity index (χ0) is 17.9. The summed E-state index contributed by atoms with van der Waals surface area (Å²) in [7, 11) is 0. The SMILES string of the molecule is CC(C)c1nnc(-c2cccc(-c3ccccc3)c2)n1-c1ccccc1. The molecule has 3 heteroatoms. The number of nitrogens with zero attached hydrogens (tertiary/aromatic N) is 3. The van der Waals surface area contributed by atoms with E-state index in [1.54, 1.807) is 0 Å². The molecule has 0 fully saturated rings. The molecule has 1 aromatic heterocycles. The molecular weight excluding hydrogens is 318 g/mol. The molecule has 128 valence electrons. The van der Waals surface area contributed by atoms with Gasteiger partial charge in [-0.3, -0.25) is 4.57 Å². The predicted molar refractivity (Wildman–Crippen MR) is 106 cm³/mol. The first-order chi connectivity index (χ1) is 12.7. The summed E-state index contributed by atoms with van der Waals surface area (Å²) in [5, 5.41) is 9.02. The standard InChI is InChI=1S/C23H21N3/c1-17(2)22-24-25-23(26(22)21-14-7-4-8-15-21)20-13-9-12-19(16-20)18-10-5-3-6-11-18/h3-17H,1-2H3. The monoisotopic (exact) mass is 339 g/mol. The van der Waals surface area contributed by atoms with Crippen LogP contribution in [0.25, 0.3) is 28.2 Å².